The van der Waals surface area contributed by atoms with Crippen molar-refractivity contribution in [1.82, 2.24) is 5.32 Å². The van der Waals surface area contributed by atoms with Gasteiger partial charge < -0.3 is 15.4 Å². The van der Waals surface area contributed by atoms with Crippen LogP contribution in [0.3, 0.4) is 0 Å². The van der Waals surface area contributed by atoms with Gasteiger partial charge in [0.1, 0.15) is 5.75 Å². The van der Waals surface area contributed by atoms with E-state index in [0.717, 1.165) is 18.8 Å². The highest BCUT2D eigenvalue weighted by atomic mass is 16.5. The molecule has 0 aromatic heterocycles. The second-order valence-corrected chi connectivity index (χ2v) is 5.52. The molecule has 1 atom stereocenters. The van der Waals surface area contributed by atoms with E-state index < -0.39 is 0 Å². The van der Waals surface area contributed by atoms with E-state index in [0.29, 0.717) is 24.0 Å². The van der Waals surface area contributed by atoms with Crippen LogP contribution in [0.25, 0.3) is 0 Å². The molecule has 1 aromatic carbocycles. The lowest BCUT2D eigenvalue weighted by molar-refractivity contribution is -0.117. The number of benzene rings is 1. The number of hydrogen-bond donors (Lipinski definition) is 2. The number of para-hydroxylation sites is 2. The van der Waals surface area contributed by atoms with Gasteiger partial charge in [0, 0.05) is 6.42 Å². The molecule has 0 spiro atoms. The topological polar surface area (TPSA) is 50.4 Å². The Balaban J connectivity index is 1.88. The summed E-state index contributed by atoms with van der Waals surface area (Å²) in [5.74, 6) is 1.85. The molecule has 1 amide bonds. The van der Waals surface area contributed by atoms with Crippen LogP contribution >= 0.6 is 0 Å². The van der Waals surface area contributed by atoms with Crippen molar-refractivity contribution in [2.24, 2.45) is 11.8 Å². The third-order valence-corrected chi connectivity index (χ3v) is 4.08. The molecule has 1 aromatic rings. The molecule has 20 heavy (non-hydrogen) atoms. The summed E-state index contributed by atoms with van der Waals surface area (Å²) in [6.07, 6.45) is 2.91. The van der Waals surface area contributed by atoms with Crippen LogP contribution in [0.5, 0.6) is 5.75 Å². The highest BCUT2D eigenvalue weighted by Crippen LogP contribution is 2.26. The van der Waals surface area contributed by atoms with Crippen molar-refractivity contribution in [3.63, 3.8) is 0 Å². The summed E-state index contributed by atoms with van der Waals surface area (Å²) >= 11 is 0. The highest BCUT2D eigenvalue weighted by Gasteiger charge is 2.22. The summed E-state index contributed by atoms with van der Waals surface area (Å²) in [6, 6.07) is 7.51. The maximum atomic E-state index is 12.2. The van der Waals surface area contributed by atoms with Crippen molar-refractivity contribution in [3.8, 4) is 5.75 Å². The summed E-state index contributed by atoms with van der Waals surface area (Å²) in [5, 5.41) is 6.31. The summed E-state index contributed by atoms with van der Waals surface area (Å²) < 4.78 is 5.24. The molecule has 4 heteroatoms. The molecule has 0 radical (unpaired) electrons. The number of hydrogen-bond acceptors (Lipinski definition) is 3. The summed E-state index contributed by atoms with van der Waals surface area (Å²) in [4.78, 5) is 12.2. The van der Waals surface area contributed by atoms with Crippen molar-refractivity contribution < 1.29 is 9.53 Å². The zero-order valence-electron chi connectivity index (χ0n) is 12.3. The molecule has 1 aliphatic heterocycles. The molecule has 0 saturated carbocycles. The SMILES string of the molecule is COc1ccccc1NC(=O)CC(C)C1CCNCC1. The molecule has 1 unspecified atom stereocenters. The summed E-state index contributed by atoms with van der Waals surface area (Å²) in [5.41, 5.74) is 0.748. The molecule has 1 saturated heterocycles. The molecule has 1 aliphatic rings. The van der Waals surface area contributed by atoms with Crippen molar-refractivity contribution in [2.75, 3.05) is 25.5 Å². The van der Waals surface area contributed by atoms with Crippen LogP contribution in [0, 0.1) is 11.8 Å². The number of rotatable bonds is 5. The highest BCUT2D eigenvalue weighted by molar-refractivity contribution is 5.92. The van der Waals surface area contributed by atoms with E-state index in [1.807, 2.05) is 24.3 Å². The average molecular weight is 276 g/mol. The van der Waals surface area contributed by atoms with E-state index in [9.17, 15) is 4.79 Å². The fraction of sp³-hybridized carbons (Fsp3) is 0.562. The largest absolute Gasteiger partial charge is 0.495 e. The standard InChI is InChI=1S/C16H24N2O2/c1-12(13-7-9-17-10-8-13)11-16(19)18-14-5-3-4-6-15(14)20-2/h3-6,12-13,17H,7-11H2,1-2H3,(H,18,19). The van der Waals surface area contributed by atoms with Gasteiger partial charge in [-0.1, -0.05) is 19.1 Å². The van der Waals surface area contributed by atoms with Gasteiger partial charge >= 0.3 is 0 Å². The molecule has 4 nitrogen and oxygen atoms in total. The third-order valence-electron chi connectivity index (χ3n) is 4.08. The molecule has 0 aliphatic carbocycles. The first-order valence-electron chi connectivity index (χ1n) is 7.34. The van der Waals surface area contributed by atoms with Crippen molar-refractivity contribution >= 4 is 11.6 Å². The monoisotopic (exact) mass is 276 g/mol. The summed E-state index contributed by atoms with van der Waals surface area (Å²) in [7, 11) is 1.61. The van der Waals surface area contributed by atoms with Gasteiger partial charge in [-0.15, -0.1) is 0 Å². The van der Waals surface area contributed by atoms with Crippen LogP contribution in [0.4, 0.5) is 5.69 Å². The van der Waals surface area contributed by atoms with Crippen LogP contribution in [-0.2, 0) is 4.79 Å². The Labute approximate surface area is 120 Å². The van der Waals surface area contributed by atoms with Gasteiger partial charge in [0.05, 0.1) is 12.8 Å². The van der Waals surface area contributed by atoms with E-state index in [1.54, 1.807) is 7.11 Å². The molecule has 2 N–H and O–H groups in total. The van der Waals surface area contributed by atoms with Crippen LogP contribution in [0.2, 0.25) is 0 Å². The minimum absolute atomic E-state index is 0.0699. The summed E-state index contributed by atoms with van der Waals surface area (Å²) in [6.45, 7) is 4.32. The van der Waals surface area contributed by atoms with Gasteiger partial charge in [-0.25, -0.2) is 0 Å². The number of nitrogens with one attached hydrogen (secondary N) is 2. The normalized spacial score (nSPS) is 17.5. The number of anilines is 1. The maximum absolute atomic E-state index is 12.2. The van der Waals surface area contributed by atoms with Crippen molar-refractivity contribution in [1.29, 1.82) is 0 Å². The maximum Gasteiger partial charge on any atom is 0.224 e. The Morgan fingerprint density at radius 1 is 1.40 bits per heavy atom. The Morgan fingerprint density at radius 2 is 2.10 bits per heavy atom. The number of carbonyl (C=O) groups excluding carboxylic acids is 1. The lowest BCUT2D eigenvalue weighted by Gasteiger charge is -2.27. The van der Waals surface area contributed by atoms with Gasteiger partial charge in [-0.3, -0.25) is 4.79 Å². The second-order valence-electron chi connectivity index (χ2n) is 5.52. The smallest absolute Gasteiger partial charge is 0.224 e. The van der Waals surface area contributed by atoms with E-state index >= 15 is 0 Å². The zero-order valence-corrected chi connectivity index (χ0v) is 12.3. The first kappa shape index (κ1) is 14.9. The second kappa shape index (κ2) is 7.29. The van der Waals surface area contributed by atoms with E-state index in [-0.39, 0.29) is 5.91 Å². The van der Waals surface area contributed by atoms with Gasteiger partial charge in [-0.2, -0.15) is 0 Å². The molecule has 2 rings (SSSR count). The Morgan fingerprint density at radius 3 is 2.80 bits per heavy atom. The van der Waals surface area contributed by atoms with Gasteiger partial charge in [0.25, 0.3) is 0 Å². The van der Waals surface area contributed by atoms with Crippen molar-refractivity contribution in [2.45, 2.75) is 26.2 Å². The number of amides is 1. The number of methoxy groups -OCH3 is 1. The fourth-order valence-electron chi connectivity index (χ4n) is 2.82. The quantitative estimate of drug-likeness (QED) is 0.869. The van der Waals surface area contributed by atoms with Crippen molar-refractivity contribution in [3.05, 3.63) is 24.3 Å². The van der Waals surface area contributed by atoms with Gasteiger partial charge in [0.2, 0.25) is 5.91 Å². The molecule has 1 heterocycles. The van der Waals surface area contributed by atoms with Gasteiger partial charge in [-0.05, 0) is 49.9 Å². The van der Waals surface area contributed by atoms with E-state index in [1.165, 1.54) is 12.8 Å². The first-order valence-corrected chi connectivity index (χ1v) is 7.34. The lowest BCUT2D eigenvalue weighted by Crippen LogP contribution is -2.32. The van der Waals surface area contributed by atoms with Crippen LogP contribution in [-0.4, -0.2) is 26.1 Å². The number of piperidine rings is 1. The predicted octanol–water partition coefficient (Wildman–Crippen LogP) is 2.66. The number of ether oxygens (including phenoxy) is 1. The van der Waals surface area contributed by atoms with Crippen LogP contribution < -0.4 is 15.4 Å². The predicted molar refractivity (Wildman–Crippen MR) is 81.0 cm³/mol. The molecule has 110 valence electrons. The van der Waals surface area contributed by atoms with Crippen LogP contribution in [0.1, 0.15) is 26.2 Å². The molecule has 1 fully saturated rings. The molecule has 0 bridgehead atoms. The Bertz CT molecular complexity index is 442. The average Bonchev–Trinajstić information content (AvgIpc) is 2.48. The van der Waals surface area contributed by atoms with E-state index in [4.69, 9.17) is 4.74 Å². The minimum Gasteiger partial charge on any atom is -0.495 e. The van der Waals surface area contributed by atoms with Crippen LogP contribution in [0.15, 0.2) is 24.3 Å². The lowest BCUT2D eigenvalue weighted by atomic mass is 9.84. The molecular weight excluding hydrogens is 252 g/mol. The van der Waals surface area contributed by atoms with Gasteiger partial charge in [0.15, 0.2) is 0 Å². The Hall–Kier alpha value is -1.55. The van der Waals surface area contributed by atoms with E-state index in [2.05, 4.69) is 17.6 Å². The first-order chi connectivity index (χ1) is 9.70. The Kier molecular flexibility index (Phi) is 5.41. The zero-order chi connectivity index (χ0) is 14.4. The third kappa shape index (κ3) is 3.97. The fourth-order valence-corrected chi connectivity index (χ4v) is 2.82. The molecular formula is C16H24N2O2. The minimum atomic E-state index is 0.0699. The number of carbonyl (C=O) groups is 1.